The second kappa shape index (κ2) is 8.98. The summed E-state index contributed by atoms with van der Waals surface area (Å²) in [5.74, 6) is 1.74. The molecule has 0 saturated heterocycles. The van der Waals surface area contributed by atoms with Crippen molar-refractivity contribution in [1.29, 1.82) is 0 Å². The van der Waals surface area contributed by atoms with Crippen molar-refractivity contribution < 1.29 is 19.1 Å². The second-order valence-corrected chi connectivity index (χ2v) is 6.10. The minimum atomic E-state index is -0.0567. The van der Waals surface area contributed by atoms with Gasteiger partial charge in [-0.3, -0.25) is 14.6 Å². The highest BCUT2D eigenvalue weighted by Crippen LogP contribution is 2.32. The maximum absolute atomic E-state index is 11.5. The fourth-order valence-electron chi connectivity index (χ4n) is 2.23. The summed E-state index contributed by atoms with van der Waals surface area (Å²) in [7, 11) is 5.12. The van der Waals surface area contributed by atoms with Gasteiger partial charge in [0.05, 0.1) is 19.5 Å². The zero-order valence-electron chi connectivity index (χ0n) is 16.2. The number of carbonyl (C=O) groups excluding carboxylic acids is 2. The fraction of sp³-hybridized carbons (Fsp3) is 0.368. The Hall–Kier alpha value is -3.16. The lowest BCUT2D eigenvalue weighted by atomic mass is 10.1. The molecule has 0 aliphatic carbocycles. The Bertz CT molecular complexity index is 825. The lowest BCUT2D eigenvalue weighted by Crippen LogP contribution is -2.33. The molecule has 0 spiro atoms. The van der Waals surface area contributed by atoms with Gasteiger partial charge in [-0.2, -0.15) is 4.98 Å². The number of likely N-dealkylation sites (N-methyl/N-ethyl adjacent to an activating group) is 2. The molecule has 1 heterocycles. The average Bonchev–Trinajstić information content (AvgIpc) is 2.66. The van der Waals surface area contributed by atoms with E-state index < -0.39 is 0 Å². The van der Waals surface area contributed by atoms with Crippen LogP contribution in [0.25, 0.3) is 0 Å². The van der Waals surface area contributed by atoms with Gasteiger partial charge in [0.15, 0.2) is 23.1 Å². The lowest BCUT2D eigenvalue weighted by molar-refractivity contribution is -0.127. The van der Waals surface area contributed by atoms with Crippen LogP contribution in [0.4, 0.5) is 5.82 Å². The number of rotatable bonds is 8. The van der Waals surface area contributed by atoms with Crippen molar-refractivity contribution in [1.82, 2.24) is 14.9 Å². The molecule has 0 bridgehead atoms. The van der Waals surface area contributed by atoms with Gasteiger partial charge in [0, 0.05) is 39.7 Å². The standard InChI is InChI=1S/C19H24N4O4/c1-13(24)15-6-7-16(17(10-15)26-5)27-19-12-20-11-18(21-19)23(4)9-8-22(3)14(2)25/h6-7,10-12H,8-9H2,1-5H3. The zero-order valence-corrected chi connectivity index (χ0v) is 16.2. The van der Waals surface area contributed by atoms with Crippen LogP contribution in [-0.4, -0.2) is 60.9 Å². The van der Waals surface area contributed by atoms with Crippen molar-refractivity contribution >= 4 is 17.5 Å². The molecule has 8 heteroatoms. The smallest absolute Gasteiger partial charge is 0.240 e. The summed E-state index contributed by atoms with van der Waals surface area (Å²) in [6.45, 7) is 4.19. The van der Waals surface area contributed by atoms with Crippen molar-refractivity contribution in [3.05, 3.63) is 36.2 Å². The Morgan fingerprint density at radius 2 is 1.81 bits per heavy atom. The van der Waals surface area contributed by atoms with E-state index in [0.717, 1.165) is 0 Å². The topological polar surface area (TPSA) is 84.9 Å². The summed E-state index contributed by atoms with van der Waals surface area (Å²) in [4.78, 5) is 34.9. The van der Waals surface area contributed by atoms with Crippen LogP contribution in [0.1, 0.15) is 24.2 Å². The second-order valence-electron chi connectivity index (χ2n) is 6.10. The number of methoxy groups -OCH3 is 1. The van der Waals surface area contributed by atoms with Crippen molar-refractivity contribution in [2.45, 2.75) is 13.8 Å². The summed E-state index contributed by atoms with van der Waals surface area (Å²) in [6, 6.07) is 4.95. The molecule has 1 aromatic carbocycles. The minimum Gasteiger partial charge on any atom is -0.493 e. The summed E-state index contributed by atoms with van der Waals surface area (Å²) >= 11 is 0. The van der Waals surface area contributed by atoms with E-state index in [4.69, 9.17) is 9.47 Å². The largest absolute Gasteiger partial charge is 0.493 e. The summed E-state index contributed by atoms with van der Waals surface area (Å²) in [6.07, 6.45) is 3.12. The number of amides is 1. The first-order valence-electron chi connectivity index (χ1n) is 8.43. The normalized spacial score (nSPS) is 10.3. The average molecular weight is 372 g/mol. The lowest BCUT2D eigenvalue weighted by Gasteiger charge is -2.22. The van der Waals surface area contributed by atoms with Gasteiger partial charge in [0.25, 0.3) is 0 Å². The Balaban J connectivity index is 2.13. The Kier molecular flexibility index (Phi) is 6.70. The highest BCUT2D eigenvalue weighted by atomic mass is 16.5. The van der Waals surface area contributed by atoms with Crippen molar-refractivity contribution in [3.63, 3.8) is 0 Å². The van der Waals surface area contributed by atoms with Crippen LogP contribution in [-0.2, 0) is 4.79 Å². The van der Waals surface area contributed by atoms with Crippen molar-refractivity contribution in [2.24, 2.45) is 0 Å². The van der Waals surface area contributed by atoms with Crippen LogP contribution in [0.2, 0.25) is 0 Å². The van der Waals surface area contributed by atoms with Gasteiger partial charge < -0.3 is 19.3 Å². The van der Waals surface area contributed by atoms with Gasteiger partial charge in [-0.1, -0.05) is 0 Å². The maximum Gasteiger partial charge on any atom is 0.240 e. The number of carbonyl (C=O) groups is 2. The number of anilines is 1. The number of benzene rings is 1. The van der Waals surface area contributed by atoms with Crippen molar-refractivity contribution in [2.75, 3.05) is 39.2 Å². The molecule has 1 amide bonds. The monoisotopic (exact) mass is 372 g/mol. The molecule has 0 aliphatic rings. The minimum absolute atomic E-state index is 0.00710. The summed E-state index contributed by atoms with van der Waals surface area (Å²) in [5.41, 5.74) is 0.536. The summed E-state index contributed by atoms with van der Waals surface area (Å²) in [5, 5.41) is 0. The van der Waals surface area contributed by atoms with Gasteiger partial charge >= 0.3 is 0 Å². The number of nitrogens with zero attached hydrogens (tertiary/aromatic N) is 4. The highest BCUT2D eigenvalue weighted by Gasteiger charge is 2.12. The number of ether oxygens (including phenoxy) is 2. The quantitative estimate of drug-likeness (QED) is 0.658. The third kappa shape index (κ3) is 5.40. The third-order valence-corrected chi connectivity index (χ3v) is 4.08. The molecule has 8 nitrogen and oxygen atoms in total. The molecule has 0 atom stereocenters. The molecule has 0 unspecified atom stereocenters. The van der Waals surface area contributed by atoms with E-state index in [0.29, 0.717) is 41.8 Å². The number of hydrogen-bond acceptors (Lipinski definition) is 7. The molecule has 0 fully saturated rings. The fourth-order valence-corrected chi connectivity index (χ4v) is 2.23. The van der Waals surface area contributed by atoms with Gasteiger partial charge in [0.2, 0.25) is 11.8 Å². The van der Waals surface area contributed by atoms with E-state index in [1.807, 2.05) is 11.9 Å². The SMILES string of the molecule is COc1cc(C(C)=O)ccc1Oc1cncc(N(C)CCN(C)C(C)=O)n1. The van der Waals surface area contributed by atoms with Crippen molar-refractivity contribution in [3.8, 4) is 17.4 Å². The molecule has 0 aliphatic heterocycles. The molecule has 0 N–H and O–H groups in total. The van der Waals surface area contributed by atoms with Crippen LogP contribution in [0.15, 0.2) is 30.6 Å². The van der Waals surface area contributed by atoms with Crippen LogP contribution < -0.4 is 14.4 Å². The molecule has 2 aromatic rings. The molecular weight excluding hydrogens is 348 g/mol. The summed E-state index contributed by atoms with van der Waals surface area (Å²) < 4.78 is 11.1. The molecule has 27 heavy (non-hydrogen) atoms. The number of aromatic nitrogens is 2. The first-order valence-corrected chi connectivity index (χ1v) is 8.43. The molecule has 144 valence electrons. The Morgan fingerprint density at radius 1 is 1.07 bits per heavy atom. The van der Waals surface area contributed by atoms with Crippen LogP contribution >= 0.6 is 0 Å². The highest BCUT2D eigenvalue weighted by molar-refractivity contribution is 5.94. The van der Waals surface area contributed by atoms with E-state index in [2.05, 4.69) is 9.97 Å². The van der Waals surface area contributed by atoms with Gasteiger partial charge in [-0.15, -0.1) is 0 Å². The van der Waals surface area contributed by atoms with E-state index in [-0.39, 0.29) is 11.7 Å². The van der Waals surface area contributed by atoms with E-state index in [1.54, 1.807) is 36.3 Å². The third-order valence-electron chi connectivity index (χ3n) is 4.08. The van der Waals surface area contributed by atoms with E-state index in [1.165, 1.54) is 27.2 Å². The van der Waals surface area contributed by atoms with Gasteiger partial charge in [-0.05, 0) is 25.1 Å². The molecule has 2 rings (SSSR count). The predicted octanol–water partition coefficient (Wildman–Crippen LogP) is 2.39. The van der Waals surface area contributed by atoms with Crippen LogP contribution in [0, 0.1) is 0 Å². The van der Waals surface area contributed by atoms with Gasteiger partial charge in [0.1, 0.15) is 0 Å². The zero-order chi connectivity index (χ0) is 20.0. The molecule has 0 saturated carbocycles. The van der Waals surface area contributed by atoms with Gasteiger partial charge in [-0.25, -0.2) is 0 Å². The first-order chi connectivity index (χ1) is 12.8. The number of Topliss-reactive ketones (excluding diaryl/α,β-unsaturated/α-hetero) is 1. The number of hydrogen-bond donors (Lipinski definition) is 0. The van der Waals surface area contributed by atoms with E-state index in [9.17, 15) is 9.59 Å². The molecular formula is C19H24N4O4. The Labute approximate surface area is 158 Å². The molecule has 0 radical (unpaired) electrons. The van der Waals surface area contributed by atoms with E-state index >= 15 is 0 Å². The maximum atomic E-state index is 11.5. The first kappa shape index (κ1) is 20.2. The van der Waals surface area contributed by atoms with Crippen LogP contribution in [0.5, 0.6) is 17.4 Å². The van der Waals surface area contributed by atoms with Crippen LogP contribution in [0.3, 0.4) is 0 Å². The Morgan fingerprint density at radius 3 is 2.44 bits per heavy atom. The number of ketones is 1. The molecule has 1 aromatic heterocycles. The predicted molar refractivity (Wildman–Crippen MR) is 102 cm³/mol.